The monoisotopic (exact) mass is 265 g/mol. The molecule has 1 aromatic heterocycles. The van der Waals surface area contributed by atoms with Crippen LogP contribution in [0.15, 0.2) is 18.2 Å². The molecule has 0 saturated carbocycles. The van der Waals surface area contributed by atoms with E-state index in [1.54, 1.807) is 6.92 Å². The van der Waals surface area contributed by atoms with Crippen molar-refractivity contribution in [2.45, 2.75) is 13.8 Å². The van der Waals surface area contributed by atoms with E-state index in [-0.39, 0.29) is 16.7 Å². The third kappa shape index (κ3) is 2.31. The molecule has 5 nitrogen and oxygen atoms in total. The van der Waals surface area contributed by atoms with Crippen molar-refractivity contribution >= 4 is 23.2 Å². The zero-order valence-electron chi connectivity index (χ0n) is 9.91. The van der Waals surface area contributed by atoms with E-state index < -0.39 is 0 Å². The summed E-state index contributed by atoms with van der Waals surface area (Å²) in [7, 11) is 0. The van der Waals surface area contributed by atoms with E-state index in [4.69, 9.17) is 11.6 Å². The number of benzene rings is 1. The maximum absolute atomic E-state index is 12.0. The van der Waals surface area contributed by atoms with Gasteiger partial charge in [-0.1, -0.05) is 11.6 Å². The topological polar surface area (TPSA) is 78.0 Å². The smallest absolute Gasteiger partial charge is 0.255 e. The van der Waals surface area contributed by atoms with Gasteiger partial charge in [-0.15, -0.1) is 0 Å². The minimum atomic E-state index is -0.301. The SMILES string of the molecule is Cc1n[nH]c(C)c1NC(=O)c1ccc(O)c(Cl)c1. The maximum Gasteiger partial charge on any atom is 0.255 e. The van der Waals surface area contributed by atoms with Crippen molar-refractivity contribution in [3.63, 3.8) is 0 Å². The number of H-pyrrole nitrogens is 1. The number of halogens is 1. The summed E-state index contributed by atoms with van der Waals surface area (Å²) < 4.78 is 0. The lowest BCUT2D eigenvalue weighted by atomic mass is 10.2. The van der Waals surface area contributed by atoms with Crippen LogP contribution in [0.2, 0.25) is 5.02 Å². The minimum Gasteiger partial charge on any atom is -0.506 e. The van der Waals surface area contributed by atoms with E-state index in [0.717, 1.165) is 5.69 Å². The number of hydrogen-bond donors (Lipinski definition) is 3. The molecule has 0 spiro atoms. The van der Waals surface area contributed by atoms with Crippen LogP contribution in [0.25, 0.3) is 0 Å². The van der Waals surface area contributed by atoms with Crippen molar-refractivity contribution < 1.29 is 9.90 Å². The summed E-state index contributed by atoms with van der Waals surface area (Å²) in [5.74, 6) is -0.353. The van der Waals surface area contributed by atoms with Gasteiger partial charge in [0.1, 0.15) is 5.75 Å². The second kappa shape index (κ2) is 4.70. The number of carbonyl (C=O) groups excluding carboxylic acids is 1. The van der Waals surface area contributed by atoms with Gasteiger partial charge >= 0.3 is 0 Å². The Balaban J connectivity index is 2.25. The lowest BCUT2D eigenvalue weighted by molar-refractivity contribution is 0.102. The Hall–Kier alpha value is -2.01. The third-order valence-corrected chi connectivity index (χ3v) is 2.88. The first-order chi connectivity index (χ1) is 8.49. The van der Waals surface area contributed by atoms with Gasteiger partial charge in [0, 0.05) is 5.56 Å². The largest absolute Gasteiger partial charge is 0.506 e. The lowest BCUT2D eigenvalue weighted by Gasteiger charge is -2.06. The molecule has 18 heavy (non-hydrogen) atoms. The average molecular weight is 266 g/mol. The van der Waals surface area contributed by atoms with Gasteiger partial charge < -0.3 is 10.4 Å². The van der Waals surface area contributed by atoms with Gasteiger partial charge in [0.15, 0.2) is 0 Å². The van der Waals surface area contributed by atoms with Crippen molar-refractivity contribution in [3.05, 3.63) is 40.2 Å². The number of aromatic nitrogens is 2. The highest BCUT2D eigenvalue weighted by atomic mass is 35.5. The molecule has 2 rings (SSSR count). The standard InChI is InChI=1S/C12H12ClN3O2/c1-6-11(7(2)16-15-6)14-12(18)8-3-4-10(17)9(13)5-8/h3-5,17H,1-2H3,(H,14,18)(H,15,16). The van der Waals surface area contributed by atoms with Crippen LogP contribution in [-0.4, -0.2) is 21.2 Å². The summed E-state index contributed by atoms with van der Waals surface area (Å²) in [6.07, 6.45) is 0. The number of aryl methyl sites for hydroxylation is 2. The van der Waals surface area contributed by atoms with E-state index >= 15 is 0 Å². The van der Waals surface area contributed by atoms with Gasteiger partial charge in [0.25, 0.3) is 5.91 Å². The molecule has 0 radical (unpaired) electrons. The minimum absolute atomic E-state index is 0.0520. The zero-order chi connectivity index (χ0) is 13.3. The van der Waals surface area contributed by atoms with Gasteiger partial charge in [0.2, 0.25) is 0 Å². The van der Waals surface area contributed by atoms with Crippen molar-refractivity contribution in [1.29, 1.82) is 0 Å². The summed E-state index contributed by atoms with van der Waals surface area (Å²) in [6.45, 7) is 3.61. The molecule has 1 heterocycles. The van der Waals surface area contributed by atoms with Gasteiger partial charge in [0.05, 0.1) is 22.1 Å². The number of phenolic OH excluding ortho intramolecular Hbond substituents is 1. The number of nitrogens with one attached hydrogen (secondary N) is 2. The number of anilines is 1. The second-order valence-electron chi connectivity index (χ2n) is 3.93. The Morgan fingerprint density at radius 1 is 1.44 bits per heavy atom. The first kappa shape index (κ1) is 12.4. The van der Waals surface area contributed by atoms with Crippen molar-refractivity contribution in [2.75, 3.05) is 5.32 Å². The summed E-state index contributed by atoms with van der Waals surface area (Å²) in [6, 6.07) is 4.30. The first-order valence-corrected chi connectivity index (χ1v) is 5.68. The Labute approximate surface area is 109 Å². The number of amides is 1. The fraction of sp³-hybridized carbons (Fsp3) is 0.167. The lowest BCUT2D eigenvalue weighted by Crippen LogP contribution is -2.12. The van der Waals surface area contributed by atoms with Crippen LogP contribution >= 0.6 is 11.6 Å². The zero-order valence-corrected chi connectivity index (χ0v) is 10.7. The van der Waals surface area contributed by atoms with Crippen LogP contribution in [0, 0.1) is 13.8 Å². The molecule has 0 aliphatic rings. The highest BCUT2D eigenvalue weighted by molar-refractivity contribution is 6.32. The van der Waals surface area contributed by atoms with E-state index in [0.29, 0.717) is 16.9 Å². The van der Waals surface area contributed by atoms with E-state index in [9.17, 15) is 9.90 Å². The molecule has 6 heteroatoms. The van der Waals surface area contributed by atoms with E-state index in [2.05, 4.69) is 15.5 Å². The van der Waals surface area contributed by atoms with Gasteiger partial charge in [-0.3, -0.25) is 9.89 Å². The number of aromatic hydroxyl groups is 1. The van der Waals surface area contributed by atoms with Crippen molar-refractivity contribution in [2.24, 2.45) is 0 Å². The molecule has 0 unspecified atom stereocenters. The van der Waals surface area contributed by atoms with Crippen LogP contribution in [-0.2, 0) is 0 Å². The Bertz CT molecular complexity index is 588. The third-order valence-electron chi connectivity index (χ3n) is 2.58. The van der Waals surface area contributed by atoms with Crippen LogP contribution in [0.4, 0.5) is 5.69 Å². The van der Waals surface area contributed by atoms with Gasteiger partial charge in [-0.05, 0) is 32.0 Å². The fourth-order valence-electron chi connectivity index (χ4n) is 1.57. The average Bonchev–Trinajstić information content (AvgIpc) is 2.64. The summed E-state index contributed by atoms with van der Waals surface area (Å²) in [4.78, 5) is 12.0. The molecule has 1 amide bonds. The summed E-state index contributed by atoms with van der Waals surface area (Å²) in [5, 5.41) is 19.0. The van der Waals surface area contributed by atoms with Crippen LogP contribution in [0.3, 0.4) is 0 Å². The quantitative estimate of drug-likeness (QED) is 0.781. The number of nitrogens with zero attached hydrogens (tertiary/aromatic N) is 1. The molecule has 3 N–H and O–H groups in total. The molecule has 0 saturated heterocycles. The highest BCUT2D eigenvalue weighted by Gasteiger charge is 2.13. The van der Waals surface area contributed by atoms with Crippen molar-refractivity contribution in [1.82, 2.24) is 10.2 Å². The predicted molar refractivity (Wildman–Crippen MR) is 69.1 cm³/mol. The number of hydrogen-bond acceptors (Lipinski definition) is 3. The molecule has 2 aromatic rings. The molecular weight excluding hydrogens is 254 g/mol. The molecule has 0 aliphatic heterocycles. The van der Waals surface area contributed by atoms with Crippen molar-refractivity contribution in [3.8, 4) is 5.75 Å². The van der Waals surface area contributed by atoms with E-state index in [1.165, 1.54) is 18.2 Å². The molecule has 0 aliphatic carbocycles. The van der Waals surface area contributed by atoms with Crippen LogP contribution < -0.4 is 5.32 Å². The summed E-state index contributed by atoms with van der Waals surface area (Å²) in [5.41, 5.74) is 2.53. The van der Waals surface area contributed by atoms with Gasteiger partial charge in [-0.25, -0.2) is 0 Å². The number of carbonyl (C=O) groups is 1. The van der Waals surface area contributed by atoms with Crippen LogP contribution in [0.5, 0.6) is 5.75 Å². The number of rotatable bonds is 2. The fourth-order valence-corrected chi connectivity index (χ4v) is 1.75. The molecule has 0 atom stereocenters. The molecule has 94 valence electrons. The number of phenols is 1. The first-order valence-electron chi connectivity index (χ1n) is 5.30. The van der Waals surface area contributed by atoms with E-state index in [1.807, 2.05) is 6.92 Å². The Kier molecular flexibility index (Phi) is 3.25. The normalized spacial score (nSPS) is 10.4. The maximum atomic E-state index is 12.0. The summed E-state index contributed by atoms with van der Waals surface area (Å²) >= 11 is 5.75. The molecule has 0 fully saturated rings. The Morgan fingerprint density at radius 2 is 2.17 bits per heavy atom. The highest BCUT2D eigenvalue weighted by Crippen LogP contribution is 2.24. The van der Waals surface area contributed by atoms with Crippen LogP contribution in [0.1, 0.15) is 21.7 Å². The second-order valence-corrected chi connectivity index (χ2v) is 4.34. The van der Waals surface area contributed by atoms with Gasteiger partial charge in [-0.2, -0.15) is 5.10 Å². The molecule has 1 aromatic carbocycles. The number of aromatic amines is 1. The molecular formula is C12H12ClN3O2. The predicted octanol–water partition coefficient (Wildman–Crippen LogP) is 2.64. The molecule has 0 bridgehead atoms. The Morgan fingerprint density at radius 3 is 2.72 bits per heavy atom.